The third kappa shape index (κ3) is 1.18. The molecule has 0 saturated carbocycles. The normalized spacial score (nSPS) is 38.5. The van der Waals surface area contributed by atoms with Gasteiger partial charge in [0.25, 0.3) is 0 Å². The zero-order chi connectivity index (χ0) is 7.84. The molecule has 0 aromatic heterocycles. The molecule has 64 valence electrons. The van der Waals surface area contributed by atoms with Crippen molar-refractivity contribution in [2.45, 2.75) is 44.8 Å². The SMILES string of the molecule is CC(C)N1[C@@H]2CC[C@H]1CNC2. The van der Waals surface area contributed by atoms with Crippen LogP contribution in [0.5, 0.6) is 0 Å². The average molecular weight is 154 g/mol. The first-order valence-corrected chi connectivity index (χ1v) is 4.77. The van der Waals surface area contributed by atoms with E-state index in [1.165, 1.54) is 25.9 Å². The molecule has 1 N–H and O–H groups in total. The molecule has 2 fully saturated rings. The van der Waals surface area contributed by atoms with Gasteiger partial charge in [-0.05, 0) is 26.7 Å². The number of hydrogen-bond acceptors (Lipinski definition) is 2. The van der Waals surface area contributed by atoms with Gasteiger partial charge in [0.05, 0.1) is 0 Å². The predicted octanol–water partition coefficient (Wildman–Crippen LogP) is 0.831. The van der Waals surface area contributed by atoms with Crippen LogP contribution in [0.3, 0.4) is 0 Å². The van der Waals surface area contributed by atoms with Crippen molar-refractivity contribution in [1.82, 2.24) is 10.2 Å². The highest BCUT2D eigenvalue weighted by atomic mass is 15.3. The van der Waals surface area contributed by atoms with Gasteiger partial charge in [-0.3, -0.25) is 4.90 Å². The Labute approximate surface area is 69.0 Å². The molecular weight excluding hydrogens is 136 g/mol. The highest BCUT2D eigenvalue weighted by Crippen LogP contribution is 2.28. The van der Waals surface area contributed by atoms with E-state index in [0.717, 1.165) is 18.1 Å². The van der Waals surface area contributed by atoms with E-state index in [4.69, 9.17) is 0 Å². The van der Waals surface area contributed by atoms with E-state index < -0.39 is 0 Å². The lowest BCUT2D eigenvalue weighted by atomic mass is 10.1. The van der Waals surface area contributed by atoms with Gasteiger partial charge in [-0.1, -0.05) is 0 Å². The molecule has 2 bridgehead atoms. The predicted molar refractivity (Wildman–Crippen MR) is 46.7 cm³/mol. The van der Waals surface area contributed by atoms with E-state index >= 15 is 0 Å². The van der Waals surface area contributed by atoms with Crippen molar-refractivity contribution in [3.63, 3.8) is 0 Å². The minimum absolute atomic E-state index is 0.745. The Hall–Kier alpha value is -0.0800. The third-order valence-corrected chi connectivity index (χ3v) is 3.03. The summed E-state index contributed by atoms with van der Waals surface area (Å²) in [4.78, 5) is 2.69. The van der Waals surface area contributed by atoms with Crippen LogP contribution in [-0.2, 0) is 0 Å². The minimum atomic E-state index is 0.745. The second-order valence-electron chi connectivity index (χ2n) is 4.08. The van der Waals surface area contributed by atoms with Crippen LogP contribution < -0.4 is 5.32 Å². The Kier molecular flexibility index (Phi) is 1.90. The van der Waals surface area contributed by atoms with Crippen molar-refractivity contribution in [1.29, 1.82) is 0 Å². The molecule has 2 saturated heterocycles. The average Bonchev–Trinajstić information content (AvgIpc) is 2.23. The van der Waals surface area contributed by atoms with Crippen LogP contribution in [0.25, 0.3) is 0 Å². The van der Waals surface area contributed by atoms with Crippen molar-refractivity contribution in [3.8, 4) is 0 Å². The summed E-state index contributed by atoms with van der Waals surface area (Å²) in [6, 6.07) is 2.43. The van der Waals surface area contributed by atoms with E-state index in [2.05, 4.69) is 24.1 Å². The maximum atomic E-state index is 3.49. The fourth-order valence-electron chi connectivity index (χ4n) is 2.66. The van der Waals surface area contributed by atoms with E-state index in [1.54, 1.807) is 0 Å². The summed E-state index contributed by atoms with van der Waals surface area (Å²) in [6.07, 6.45) is 2.83. The summed E-state index contributed by atoms with van der Waals surface area (Å²) in [7, 11) is 0. The Morgan fingerprint density at radius 3 is 2.09 bits per heavy atom. The van der Waals surface area contributed by atoms with Gasteiger partial charge in [-0.2, -0.15) is 0 Å². The molecular formula is C9H18N2. The van der Waals surface area contributed by atoms with Crippen LogP contribution >= 0.6 is 0 Å². The molecule has 0 spiro atoms. The number of fused-ring (bicyclic) bond motifs is 2. The van der Waals surface area contributed by atoms with Crippen LogP contribution in [-0.4, -0.2) is 36.1 Å². The third-order valence-electron chi connectivity index (χ3n) is 3.03. The van der Waals surface area contributed by atoms with Gasteiger partial charge < -0.3 is 5.32 Å². The number of hydrogen-bond donors (Lipinski definition) is 1. The zero-order valence-corrected chi connectivity index (χ0v) is 7.51. The topological polar surface area (TPSA) is 15.3 Å². The van der Waals surface area contributed by atoms with Crippen LogP contribution in [0.2, 0.25) is 0 Å². The van der Waals surface area contributed by atoms with Gasteiger partial charge in [0.2, 0.25) is 0 Å². The maximum Gasteiger partial charge on any atom is 0.0227 e. The number of piperazine rings is 1. The van der Waals surface area contributed by atoms with Crippen LogP contribution in [0.15, 0.2) is 0 Å². The molecule has 2 heterocycles. The summed E-state index contributed by atoms with van der Waals surface area (Å²) in [6.45, 7) is 7.07. The minimum Gasteiger partial charge on any atom is -0.314 e. The van der Waals surface area contributed by atoms with Crippen molar-refractivity contribution in [2.75, 3.05) is 13.1 Å². The number of nitrogens with zero attached hydrogens (tertiary/aromatic N) is 1. The highest BCUT2D eigenvalue weighted by Gasteiger charge is 2.37. The Balaban J connectivity index is 2.09. The molecule has 2 heteroatoms. The van der Waals surface area contributed by atoms with Gasteiger partial charge in [0, 0.05) is 31.2 Å². The lowest BCUT2D eigenvalue weighted by molar-refractivity contribution is 0.116. The van der Waals surface area contributed by atoms with Gasteiger partial charge in [-0.15, -0.1) is 0 Å². The first-order chi connectivity index (χ1) is 5.29. The van der Waals surface area contributed by atoms with E-state index in [9.17, 15) is 0 Å². The fraction of sp³-hybridized carbons (Fsp3) is 1.00. The van der Waals surface area contributed by atoms with E-state index in [0.29, 0.717) is 0 Å². The molecule has 0 aromatic rings. The lowest BCUT2D eigenvalue weighted by Gasteiger charge is -2.38. The number of rotatable bonds is 1. The maximum absolute atomic E-state index is 3.49. The summed E-state index contributed by atoms with van der Waals surface area (Å²) >= 11 is 0. The molecule has 0 aliphatic carbocycles. The molecule has 2 rings (SSSR count). The van der Waals surface area contributed by atoms with Gasteiger partial charge >= 0.3 is 0 Å². The van der Waals surface area contributed by atoms with Crippen molar-refractivity contribution in [3.05, 3.63) is 0 Å². The highest BCUT2D eigenvalue weighted by molar-refractivity contribution is 4.95. The first-order valence-electron chi connectivity index (χ1n) is 4.77. The van der Waals surface area contributed by atoms with Crippen molar-refractivity contribution >= 4 is 0 Å². The Bertz CT molecular complexity index is 128. The molecule has 0 amide bonds. The van der Waals surface area contributed by atoms with Crippen LogP contribution in [0, 0.1) is 0 Å². The number of nitrogens with one attached hydrogen (secondary N) is 1. The van der Waals surface area contributed by atoms with Crippen molar-refractivity contribution < 1.29 is 0 Å². The molecule has 2 atom stereocenters. The summed E-state index contributed by atoms with van der Waals surface area (Å²) < 4.78 is 0. The molecule has 2 aliphatic heterocycles. The second-order valence-corrected chi connectivity index (χ2v) is 4.08. The van der Waals surface area contributed by atoms with Crippen molar-refractivity contribution in [2.24, 2.45) is 0 Å². The Morgan fingerprint density at radius 1 is 1.18 bits per heavy atom. The van der Waals surface area contributed by atoms with E-state index in [1.807, 2.05) is 0 Å². The molecule has 0 radical (unpaired) electrons. The standard InChI is InChI=1S/C9H18N2/c1-7(2)11-8-3-4-9(11)6-10-5-8/h7-10H,3-6H2,1-2H3/t8-,9+. The summed E-state index contributed by atoms with van der Waals surface area (Å²) in [5.41, 5.74) is 0. The van der Waals surface area contributed by atoms with Gasteiger partial charge in [-0.25, -0.2) is 0 Å². The van der Waals surface area contributed by atoms with Gasteiger partial charge in [0.1, 0.15) is 0 Å². The molecule has 11 heavy (non-hydrogen) atoms. The smallest absolute Gasteiger partial charge is 0.0227 e. The molecule has 2 aliphatic rings. The fourth-order valence-corrected chi connectivity index (χ4v) is 2.66. The molecule has 0 aromatic carbocycles. The van der Waals surface area contributed by atoms with Crippen LogP contribution in [0.4, 0.5) is 0 Å². The summed E-state index contributed by atoms with van der Waals surface area (Å²) in [5, 5.41) is 3.49. The monoisotopic (exact) mass is 154 g/mol. The van der Waals surface area contributed by atoms with E-state index in [-0.39, 0.29) is 0 Å². The van der Waals surface area contributed by atoms with Gasteiger partial charge in [0.15, 0.2) is 0 Å². The molecule has 0 unspecified atom stereocenters. The Morgan fingerprint density at radius 2 is 1.73 bits per heavy atom. The molecule has 2 nitrogen and oxygen atoms in total. The summed E-state index contributed by atoms with van der Waals surface area (Å²) in [5.74, 6) is 0. The second kappa shape index (κ2) is 2.76. The zero-order valence-electron chi connectivity index (χ0n) is 7.51. The largest absolute Gasteiger partial charge is 0.314 e. The first kappa shape index (κ1) is 7.56. The lowest BCUT2D eigenvalue weighted by Crippen LogP contribution is -2.54. The van der Waals surface area contributed by atoms with Crippen LogP contribution in [0.1, 0.15) is 26.7 Å². The quantitative estimate of drug-likeness (QED) is 0.602.